The van der Waals surface area contributed by atoms with Gasteiger partial charge in [0.05, 0.1) is 0 Å². The van der Waals surface area contributed by atoms with Crippen LogP contribution in [0.2, 0.25) is 5.82 Å². The van der Waals surface area contributed by atoms with E-state index in [0.717, 1.165) is 0 Å². The van der Waals surface area contributed by atoms with Crippen LogP contribution in [0.15, 0.2) is 29.4 Å². The minimum absolute atomic E-state index is 0.132. The van der Waals surface area contributed by atoms with Crippen molar-refractivity contribution in [2.75, 3.05) is 13.1 Å². The molecular formula is C9H13BN2O4S. The first-order valence-corrected chi connectivity index (χ1v) is 6.72. The second-order valence-corrected chi connectivity index (χ2v) is 5.95. The lowest BCUT2D eigenvalue weighted by atomic mass is 9.72. The van der Waals surface area contributed by atoms with Crippen LogP contribution in [-0.2, 0) is 10.0 Å². The fourth-order valence-electron chi connectivity index (χ4n) is 1.86. The number of aromatic nitrogens is 1. The Labute approximate surface area is 100 Å². The molecule has 0 aromatic carbocycles. The maximum absolute atomic E-state index is 12.1. The highest BCUT2D eigenvalue weighted by atomic mass is 32.2. The van der Waals surface area contributed by atoms with E-state index in [1.807, 2.05) is 0 Å². The van der Waals surface area contributed by atoms with Crippen LogP contribution < -0.4 is 0 Å². The van der Waals surface area contributed by atoms with Crippen LogP contribution in [0.25, 0.3) is 0 Å². The van der Waals surface area contributed by atoms with Crippen molar-refractivity contribution in [1.82, 2.24) is 9.29 Å². The van der Waals surface area contributed by atoms with Gasteiger partial charge in [-0.05, 0) is 18.6 Å². The Morgan fingerprint density at radius 2 is 2.24 bits per heavy atom. The average molecular weight is 256 g/mol. The van der Waals surface area contributed by atoms with Gasteiger partial charge in [0.1, 0.15) is 4.90 Å². The zero-order valence-corrected chi connectivity index (χ0v) is 9.92. The van der Waals surface area contributed by atoms with Crippen molar-refractivity contribution in [3.63, 3.8) is 0 Å². The summed E-state index contributed by atoms with van der Waals surface area (Å²) < 4.78 is 25.5. The predicted molar refractivity (Wildman–Crippen MR) is 61.6 cm³/mol. The number of nitrogens with zero attached hydrogens (tertiary/aromatic N) is 2. The van der Waals surface area contributed by atoms with E-state index < -0.39 is 23.0 Å². The monoisotopic (exact) mass is 256 g/mol. The molecule has 1 unspecified atom stereocenters. The zero-order chi connectivity index (χ0) is 12.5. The van der Waals surface area contributed by atoms with Crippen molar-refractivity contribution in [3.8, 4) is 0 Å². The van der Waals surface area contributed by atoms with Crippen LogP contribution in [0.5, 0.6) is 0 Å². The minimum atomic E-state index is -3.56. The maximum atomic E-state index is 12.1. The molecule has 8 heteroatoms. The first-order valence-electron chi connectivity index (χ1n) is 5.28. The molecule has 0 bridgehead atoms. The second-order valence-electron chi connectivity index (χ2n) is 4.01. The molecule has 92 valence electrons. The Bertz CT molecular complexity index is 479. The van der Waals surface area contributed by atoms with Gasteiger partial charge >= 0.3 is 7.12 Å². The molecule has 1 aliphatic rings. The quantitative estimate of drug-likeness (QED) is 0.699. The molecule has 0 spiro atoms. The molecule has 2 heterocycles. The molecule has 1 saturated heterocycles. The third-order valence-electron chi connectivity index (χ3n) is 2.88. The van der Waals surface area contributed by atoms with Gasteiger partial charge in [0, 0.05) is 31.3 Å². The van der Waals surface area contributed by atoms with E-state index in [1.165, 1.54) is 22.8 Å². The molecule has 0 amide bonds. The van der Waals surface area contributed by atoms with Crippen LogP contribution in [0.4, 0.5) is 0 Å². The van der Waals surface area contributed by atoms with Gasteiger partial charge < -0.3 is 10.0 Å². The SMILES string of the molecule is O=S(=O)(c1cccnc1)N1CCC(B(O)O)C1. The van der Waals surface area contributed by atoms with Gasteiger partial charge in [0.15, 0.2) is 0 Å². The minimum Gasteiger partial charge on any atom is -0.427 e. The topological polar surface area (TPSA) is 90.7 Å². The molecule has 2 N–H and O–H groups in total. The predicted octanol–water partition coefficient (Wildman–Crippen LogP) is -0.681. The summed E-state index contributed by atoms with van der Waals surface area (Å²) >= 11 is 0. The molecule has 0 aliphatic carbocycles. The highest BCUT2D eigenvalue weighted by Crippen LogP contribution is 2.27. The highest BCUT2D eigenvalue weighted by molar-refractivity contribution is 7.89. The van der Waals surface area contributed by atoms with Crippen LogP contribution in [0.1, 0.15) is 6.42 Å². The van der Waals surface area contributed by atoms with Crippen LogP contribution in [-0.4, -0.2) is 48.0 Å². The molecular weight excluding hydrogens is 243 g/mol. The molecule has 1 atom stereocenters. The fraction of sp³-hybridized carbons (Fsp3) is 0.444. The standard InChI is InChI=1S/C9H13BN2O4S/c13-10(14)8-3-5-12(7-8)17(15,16)9-2-1-4-11-6-9/h1-2,4,6,8,13-14H,3,5,7H2. The summed E-state index contributed by atoms with van der Waals surface area (Å²) in [6, 6.07) is 3.03. The number of hydrogen-bond donors (Lipinski definition) is 2. The van der Waals surface area contributed by atoms with Crippen LogP contribution >= 0.6 is 0 Å². The van der Waals surface area contributed by atoms with Gasteiger partial charge in [-0.15, -0.1) is 0 Å². The lowest BCUT2D eigenvalue weighted by molar-refractivity contribution is 0.383. The van der Waals surface area contributed by atoms with E-state index in [4.69, 9.17) is 10.0 Å². The highest BCUT2D eigenvalue weighted by Gasteiger charge is 2.37. The van der Waals surface area contributed by atoms with Crippen LogP contribution in [0, 0.1) is 0 Å². The summed E-state index contributed by atoms with van der Waals surface area (Å²) in [7, 11) is -5.02. The van der Waals surface area contributed by atoms with Crippen molar-refractivity contribution < 1.29 is 18.5 Å². The van der Waals surface area contributed by atoms with Gasteiger partial charge in [0.25, 0.3) is 0 Å². The molecule has 1 aromatic rings. The smallest absolute Gasteiger partial charge is 0.427 e. The normalized spacial score (nSPS) is 21.6. The van der Waals surface area contributed by atoms with E-state index in [2.05, 4.69) is 4.98 Å². The lowest BCUT2D eigenvalue weighted by Crippen LogP contribution is -2.30. The summed E-state index contributed by atoms with van der Waals surface area (Å²) in [6.45, 7) is 0.439. The Kier molecular flexibility index (Phi) is 3.48. The molecule has 0 radical (unpaired) electrons. The first-order chi connectivity index (χ1) is 8.01. The maximum Gasteiger partial charge on any atom is 0.456 e. The Hall–Kier alpha value is -0.955. The van der Waals surface area contributed by atoms with E-state index in [9.17, 15) is 8.42 Å². The molecule has 0 saturated carbocycles. The summed E-state index contributed by atoms with van der Waals surface area (Å²) in [4.78, 5) is 3.90. The van der Waals surface area contributed by atoms with E-state index in [0.29, 0.717) is 13.0 Å². The molecule has 2 rings (SSSR count). The largest absolute Gasteiger partial charge is 0.456 e. The number of pyridine rings is 1. The summed E-state index contributed by atoms with van der Waals surface area (Å²) in [5.41, 5.74) is 0. The third kappa shape index (κ3) is 2.49. The second kappa shape index (κ2) is 4.73. The molecule has 6 nitrogen and oxygen atoms in total. The van der Waals surface area contributed by atoms with Gasteiger partial charge in [-0.1, -0.05) is 0 Å². The number of hydrogen-bond acceptors (Lipinski definition) is 5. The van der Waals surface area contributed by atoms with Crippen molar-refractivity contribution in [2.24, 2.45) is 0 Å². The summed E-state index contributed by atoms with van der Waals surface area (Å²) in [6.07, 6.45) is 3.25. The van der Waals surface area contributed by atoms with Gasteiger partial charge in [-0.25, -0.2) is 8.42 Å². The zero-order valence-electron chi connectivity index (χ0n) is 9.10. The Balaban J connectivity index is 2.19. The van der Waals surface area contributed by atoms with Crippen molar-refractivity contribution in [1.29, 1.82) is 0 Å². The number of sulfonamides is 1. The first kappa shape index (κ1) is 12.5. The number of rotatable bonds is 3. The van der Waals surface area contributed by atoms with Crippen molar-refractivity contribution >= 4 is 17.1 Å². The molecule has 1 aromatic heterocycles. The Morgan fingerprint density at radius 1 is 1.47 bits per heavy atom. The van der Waals surface area contributed by atoms with Gasteiger partial charge in [-0.3, -0.25) is 4.98 Å². The van der Waals surface area contributed by atoms with Crippen molar-refractivity contribution in [2.45, 2.75) is 17.1 Å². The Morgan fingerprint density at radius 3 is 2.76 bits per heavy atom. The lowest BCUT2D eigenvalue weighted by Gasteiger charge is -2.16. The molecule has 1 aliphatic heterocycles. The molecule has 1 fully saturated rings. The van der Waals surface area contributed by atoms with Crippen molar-refractivity contribution in [3.05, 3.63) is 24.5 Å². The van der Waals surface area contributed by atoms with Crippen LogP contribution in [0.3, 0.4) is 0 Å². The average Bonchev–Trinajstić information content (AvgIpc) is 2.80. The van der Waals surface area contributed by atoms with Gasteiger partial charge in [0.2, 0.25) is 10.0 Å². The molecule has 17 heavy (non-hydrogen) atoms. The van der Waals surface area contributed by atoms with E-state index >= 15 is 0 Å². The summed E-state index contributed by atoms with van der Waals surface area (Å²) in [5, 5.41) is 18.1. The van der Waals surface area contributed by atoms with E-state index in [-0.39, 0.29) is 11.4 Å². The summed E-state index contributed by atoms with van der Waals surface area (Å²) in [5.74, 6) is -0.415. The fourth-order valence-corrected chi connectivity index (χ4v) is 3.34. The van der Waals surface area contributed by atoms with Gasteiger partial charge in [-0.2, -0.15) is 4.31 Å². The van der Waals surface area contributed by atoms with E-state index in [1.54, 1.807) is 6.07 Å². The third-order valence-corrected chi connectivity index (χ3v) is 4.73.